The minimum atomic E-state index is -0.599. The van der Waals surface area contributed by atoms with E-state index in [1.54, 1.807) is 19.1 Å². The number of carbonyl (C=O) groups excluding carboxylic acids is 1. The largest absolute Gasteiger partial charge is 0.508 e. The van der Waals surface area contributed by atoms with Crippen LogP contribution in [0.5, 0.6) is 5.75 Å². The Labute approximate surface area is 168 Å². The fourth-order valence-corrected chi connectivity index (χ4v) is 6.66. The van der Waals surface area contributed by atoms with Crippen molar-refractivity contribution in [3.8, 4) is 5.75 Å². The third-order valence-electron chi connectivity index (χ3n) is 7.28. The lowest BCUT2D eigenvalue weighted by molar-refractivity contribution is -0.177. The average molecular weight is 398 g/mol. The number of phenols is 1. The molecule has 2 aromatic rings. The number of benzene rings is 1. The zero-order valence-corrected chi connectivity index (χ0v) is 16.6. The van der Waals surface area contributed by atoms with Crippen molar-refractivity contribution in [2.75, 3.05) is 0 Å². The summed E-state index contributed by atoms with van der Waals surface area (Å²) in [6.45, 7) is 1.66. The van der Waals surface area contributed by atoms with E-state index in [9.17, 15) is 19.8 Å². The second-order valence-electron chi connectivity index (χ2n) is 9.70. The maximum absolute atomic E-state index is 12.7. The van der Waals surface area contributed by atoms with Crippen LogP contribution in [0.3, 0.4) is 0 Å². The van der Waals surface area contributed by atoms with Crippen molar-refractivity contribution in [3.63, 3.8) is 0 Å². The number of carbonyl (C=O) groups is 1. The minimum absolute atomic E-state index is 0.0155. The molecule has 0 aliphatic heterocycles. The maximum atomic E-state index is 12.7. The molecule has 1 aromatic carbocycles. The van der Waals surface area contributed by atoms with Crippen molar-refractivity contribution < 1.29 is 24.2 Å². The summed E-state index contributed by atoms with van der Waals surface area (Å²) in [5, 5.41) is 21.4. The molecule has 0 spiro atoms. The molecule has 154 valence electrons. The van der Waals surface area contributed by atoms with Crippen LogP contribution >= 0.6 is 0 Å². The molecule has 4 aliphatic rings. The lowest BCUT2D eigenvalue weighted by atomic mass is 9.47. The van der Waals surface area contributed by atoms with Gasteiger partial charge in [-0.1, -0.05) is 0 Å². The van der Waals surface area contributed by atoms with Gasteiger partial charge in [-0.3, -0.25) is 4.79 Å². The Kier molecular flexibility index (Phi) is 4.07. The standard InChI is InChI=1S/C23H26O6/c1-13-18(24)3-2-17-16(5-19(25)29-21(13)17)11-28-20(26)10-22-6-14-4-15(7-22)9-23(27,8-14)12-22/h2-3,5,14-15,24,27H,4,6-12H2,1H3/t14-,15-,22?,23?/m1/s1. The van der Waals surface area contributed by atoms with Gasteiger partial charge in [0.15, 0.2) is 0 Å². The van der Waals surface area contributed by atoms with Crippen molar-refractivity contribution in [2.24, 2.45) is 17.3 Å². The number of rotatable bonds is 4. The highest BCUT2D eigenvalue weighted by atomic mass is 16.5. The van der Waals surface area contributed by atoms with Gasteiger partial charge in [0.2, 0.25) is 0 Å². The number of aliphatic hydroxyl groups is 1. The summed E-state index contributed by atoms with van der Waals surface area (Å²) in [6.07, 6.45) is 5.93. The van der Waals surface area contributed by atoms with Crippen molar-refractivity contribution in [3.05, 3.63) is 39.7 Å². The van der Waals surface area contributed by atoms with Crippen LogP contribution in [0.4, 0.5) is 0 Å². The molecule has 0 unspecified atom stereocenters. The molecule has 6 heteroatoms. The molecular formula is C23H26O6. The Morgan fingerprint density at radius 3 is 2.66 bits per heavy atom. The fraction of sp³-hybridized carbons (Fsp3) is 0.565. The molecule has 4 bridgehead atoms. The second-order valence-corrected chi connectivity index (χ2v) is 9.70. The van der Waals surface area contributed by atoms with Gasteiger partial charge in [0.1, 0.15) is 17.9 Å². The topological polar surface area (TPSA) is 97.0 Å². The number of aromatic hydroxyl groups is 1. The number of aryl methyl sites for hydroxylation is 1. The number of hydrogen-bond donors (Lipinski definition) is 2. The van der Waals surface area contributed by atoms with Gasteiger partial charge in [-0.25, -0.2) is 4.79 Å². The van der Waals surface area contributed by atoms with E-state index in [0.717, 1.165) is 25.7 Å². The summed E-state index contributed by atoms with van der Waals surface area (Å²) < 4.78 is 10.8. The molecule has 4 fully saturated rings. The van der Waals surface area contributed by atoms with E-state index in [4.69, 9.17) is 9.15 Å². The van der Waals surface area contributed by atoms with Crippen LogP contribution in [0.15, 0.2) is 27.4 Å². The second kappa shape index (κ2) is 6.33. The van der Waals surface area contributed by atoms with Crippen LogP contribution in [0.1, 0.15) is 56.1 Å². The van der Waals surface area contributed by atoms with Crippen molar-refractivity contribution in [1.29, 1.82) is 0 Å². The summed E-state index contributed by atoms with van der Waals surface area (Å²) in [4.78, 5) is 24.6. The van der Waals surface area contributed by atoms with Crippen LogP contribution in [0.25, 0.3) is 11.0 Å². The Morgan fingerprint density at radius 1 is 1.24 bits per heavy atom. The van der Waals surface area contributed by atoms with Gasteiger partial charge in [0, 0.05) is 22.6 Å². The molecule has 1 heterocycles. The Bertz CT molecular complexity index is 1040. The molecule has 4 saturated carbocycles. The first-order valence-electron chi connectivity index (χ1n) is 10.4. The zero-order valence-electron chi connectivity index (χ0n) is 16.6. The van der Waals surface area contributed by atoms with Crippen molar-refractivity contribution >= 4 is 16.9 Å². The molecule has 29 heavy (non-hydrogen) atoms. The summed E-state index contributed by atoms with van der Waals surface area (Å²) in [6, 6.07) is 4.54. The van der Waals surface area contributed by atoms with Gasteiger partial charge in [0.25, 0.3) is 0 Å². The highest BCUT2D eigenvalue weighted by Gasteiger charge is 2.57. The van der Waals surface area contributed by atoms with E-state index in [1.165, 1.54) is 12.5 Å². The maximum Gasteiger partial charge on any atom is 0.336 e. The van der Waals surface area contributed by atoms with Gasteiger partial charge in [-0.05, 0) is 74.8 Å². The SMILES string of the molecule is Cc1c(O)ccc2c(COC(=O)CC34C[C@H]5C[C@@H](CC(O)(C5)C3)C4)cc(=O)oc12. The zero-order chi connectivity index (χ0) is 20.4. The number of phenolic OH excluding ortho intramolecular Hbond substituents is 1. The molecule has 6 rings (SSSR count). The summed E-state index contributed by atoms with van der Waals surface area (Å²) in [5.41, 5.74) is 0.0769. The lowest BCUT2D eigenvalue weighted by Crippen LogP contribution is -2.56. The van der Waals surface area contributed by atoms with Crippen LogP contribution in [-0.4, -0.2) is 21.8 Å². The number of hydrogen-bond acceptors (Lipinski definition) is 6. The molecule has 1 aromatic heterocycles. The van der Waals surface area contributed by atoms with E-state index in [1.807, 2.05) is 0 Å². The van der Waals surface area contributed by atoms with Crippen molar-refractivity contribution in [1.82, 2.24) is 0 Å². The van der Waals surface area contributed by atoms with Gasteiger partial charge >= 0.3 is 11.6 Å². The van der Waals surface area contributed by atoms with Gasteiger partial charge in [-0.15, -0.1) is 0 Å². The number of esters is 1. The van der Waals surface area contributed by atoms with Crippen LogP contribution in [-0.2, 0) is 16.1 Å². The predicted octanol–water partition coefficient (Wildman–Crippen LogP) is 3.57. The van der Waals surface area contributed by atoms with E-state index in [2.05, 4.69) is 0 Å². The molecule has 4 aliphatic carbocycles. The highest BCUT2D eigenvalue weighted by Crippen LogP contribution is 2.62. The fourth-order valence-electron chi connectivity index (χ4n) is 6.66. The quantitative estimate of drug-likeness (QED) is 0.604. The summed E-state index contributed by atoms with van der Waals surface area (Å²) >= 11 is 0. The van der Waals surface area contributed by atoms with E-state index in [-0.39, 0.29) is 23.7 Å². The van der Waals surface area contributed by atoms with Crippen LogP contribution in [0, 0.1) is 24.2 Å². The van der Waals surface area contributed by atoms with Gasteiger partial charge < -0.3 is 19.4 Å². The normalized spacial score (nSPS) is 32.6. The molecule has 0 radical (unpaired) electrons. The number of fused-ring (bicyclic) bond motifs is 1. The smallest absolute Gasteiger partial charge is 0.336 e. The Morgan fingerprint density at radius 2 is 1.97 bits per heavy atom. The van der Waals surface area contributed by atoms with Crippen LogP contribution < -0.4 is 5.63 Å². The molecular weight excluding hydrogens is 372 g/mol. The number of ether oxygens (including phenoxy) is 1. The molecule has 0 saturated heterocycles. The third kappa shape index (κ3) is 3.23. The summed E-state index contributed by atoms with van der Waals surface area (Å²) in [7, 11) is 0. The first-order chi connectivity index (χ1) is 13.7. The summed E-state index contributed by atoms with van der Waals surface area (Å²) in [5.74, 6) is 0.807. The first kappa shape index (κ1) is 18.7. The highest BCUT2D eigenvalue weighted by molar-refractivity contribution is 5.85. The molecule has 0 amide bonds. The molecule has 6 nitrogen and oxygen atoms in total. The molecule has 2 N–H and O–H groups in total. The lowest BCUT2D eigenvalue weighted by Gasteiger charge is -2.60. The monoisotopic (exact) mass is 398 g/mol. The molecule has 2 atom stereocenters. The van der Waals surface area contributed by atoms with E-state index >= 15 is 0 Å². The Hall–Kier alpha value is -2.34. The third-order valence-corrected chi connectivity index (χ3v) is 7.28. The predicted molar refractivity (Wildman–Crippen MR) is 105 cm³/mol. The first-order valence-corrected chi connectivity index (χ1v) is 10.4. The van der Waals surface area contributed by atoms with E-state index in [0.29, 0.717) is 46.8 Å². The van der Waals surface area contributed by atoms with Crippen LogP contribution in [0.2, 0.25) is 0 Å². The minimum Gasteiger partial charge on any atom is -0.508 e. The van der Waals surface area contributed by atoms with Gasteiger partial charge in [0.05, 0.1) is 12.0 Å². The van der Waals surface area contributed by atoms with Gasteiger partial charge in [-0.2, -0.15) is 0 Å². The van der Waals surface area contributed by atoms with E-state index < -0.39 is 11.2 Å². The van der Waals surface area contributed by atoms with Crippen molar-refractivity contribution in [2.45, 2.75) is 64.1 Å². The average Bonchev–Trinajstić information content (AvgIpc) is 2.60. The Balaban J connectivity index is 1.33.